The summed E-state index contributed by atoms with van der Waals surface area (Å²) in [5, 5.41) is 9.79. The highest BCUT2D eigenvalue weighted by Gasteiger charge is 2.29. The molecular formula is C16H27N5O2. The van der Waals surface area contributed by atoms with Crippen LogP contribution in [0.4, 0.5) is 11.9 Å². The number of aliphatic hydroxyl groups is 1. The molecule has 0 radical (unpaired) electrons. The Bertz CT molecular complexity index is 517. The van der Waals surface area contributed by atoms with Gasteiger partial charge >= 0.3 is 6.01 Å². The van der Waals surface area contributed by atoms with Gasteiger partial charge in [0.15, 0.2) is 0 Å². The van der Waals surface area contributed by atoms with Crippen LogP contribution in [-0.4, -0.2) is 59.5 Å². The minimum Gasteiger partial charge on any atom is -0.467 e. The summed E-state index contributed by atoms with van der Waals surface area (Å²) in [6.45, 7) is 5.48. The lowest BCUT2D eigenvalue weighted by Crippen LogP contribution is -2.29. The van der Waals surface area contributed by atoms with Gasteiger partial charge in [0.1, 0.15) is 0 Å². The van der Waals surface area contributed by atoms with Crippen LogP contribution in [0.15, 0.2) is 0 Å². The fraction of sp³-hybridized carbons (Fsp3) is 0.812. The maximum atomic E-state index is 9.79. The van der Waals surface area contributed by atoms with E-state index >= 15 is 0 Å². The van der Waals surface area contributed by atoms with Crippen molar-refractivity contribution >= 4 is 11.9 Å². The maximum absolute atomic E-state index is 9.79. The topological polar surface area (TPSA) is 74.6 Å². The van der Waals surface area contributed by atoms with Crippen molar-refractivity contribution in [2.45, 2.75) is 45.1 Å². The number of anilines is 2. The lowest BCUT2D eigenvalue weighted by Gasteiger charge is -2.23. The van der Waals surface area contributed by atoms with Gasteiger partial charge in [-0.2, -0.15) is 15.0 Å². The Labute approximate surface area is 137 Å². The van der Waals surface area contributed by atoms with Crippen molar-refractivity contribution < 1.29 is 9.84 Å². The van der Waals surface area contributed by atoms with E-state index in [0.717, 1.165) is 32.6 Å². The summed E-state index contributed by atoms with van der Waals surface area (Å²) in [7, 11) is 1.59. The van der Waals surface area contributed by atoms with Crippen LogP contribution in [0.25, 0.3) is 0 Å². The normalized spacial score (nSPS) is 23.7. The molecule has 1 aromatic heterocycles. The van der Waals surface area contributed by atoms with Crippen LogP contribution in [0.3, 0.4) is 0 Å². The number of methoxy groups -OCH3 is 1. The monoisotopic (exact) mass is 321 g/mol. The third-order valence-corrected chi connectivity index (χ3v) is 4.85. The van der Waals surface area contributed by atoms with Crippen molar-refractivity contribution in [1.82, 2.24) is 15.0 Å². The fourth-order valence-electron chi connectivity index (χ4n) is 3.34. The van der Waals surface area contributed by atoms with Gasteiger partial charge in [-0.25, -0.2) is 0 Å². The minimum absolute atomic E-state index is 0.277. The minimum atomic E-state index is -0.297. The number of aliphatic hydroxyl groups excluding tert-OH is 1. The summed E-state index contributed by atoms with van der Waals surface area (Å²) in [5.74, 6) is 1.66. The maximum Gasteiger partial charge on any atom is 0.322 e. The summed E-state index contributed by atoms with van der Waals surface area (Å²) in [4.78, 5) is 17.9. The van der Waals surface area contributed by atoms with Crippen molar-refractivity contribution in [3.63, 3.8) is 0 Å². The molecule has 7 nitrogen and oxygen atoms in total. The molecule has 2 saturated heterocycles. The van der Waals surface area contributed by atoms with Gasteiger partial charge in [0, 0.05) is 32.1 Å². The number of nitrogens with zero attached hydrogens (tertiary/aromatic N) is 5. The standard InChI is InChI=1S/C16H27N5O2/c1-12(22)13-7-10-21(11-13)15-17-14(18-16(19-15)23-2)20-8-5-3-4-6-9-20/h12-13,22H,3-11H2,1-2H3/t12-,13+/m1/s1. The first-order valence-electron chi connectivity index (χ1n) is 8.65. The number of hydrogen-bond acceptors (Lipinski definition) is 7. The number of ether oxygens (including phenoxy) is 1. The summed E-state index contributed by atoms with van der Waals surface area (Å²) < 4.78 is 5.29. The van der Waals surface area contributed by atoms with Crippen LogP contribution in [0.1, 0.15) is 39.0 Å². The van der Waals surface area contributed by atoms with E-state index in [1.165, 1.54) is 25.7 Å². The van der Waals surface area contributed by atoms with Gasteiger partial charge in [-0.05, 0) is 26.2 Å². The second-order valence-corrected chi connectivity index (χ2v) is 6.56. The molecule has 2 aliphatic rings. The van der Waals surface area contributed by atoms with Crippen LogP contribution in [-0.2, 0) is 0 Å². The quantitative estimate of drug-likeness (QED) is 0.900. The first-order valence-corrected chi connectivity index (χ1v) is 8.65. The van der Waals surface area contributed by atoms with Crippen LogP contribution in [0.2, 0.25) is 0 Å². The van der Waals surface area contributed by atoms with Gasteiger partial charge in [0.05, 0.1) is 13.2 Å². The zero-order valence-corrected chi connectivity index (χ0v) is 14.1. The van der Waals surface area contributed by atoms with Crippen molar-refractivity contribution in [3.8, 4) is 6.01 Å². The van der Waals surface area contributed by atoms with Gasteiger partial charge in [0.2, 0.25) is 11.9 Å². The molecule has 0 unspecified atom stereocenters. The van der Waals surface area contributed by atoms with E-state index in [9.17, 15) is 5.11 Å². The highest BCUT2D eigenvalue weighted by Crippen LogP contribution is 2.26. The first-order chi connectivity index (χ1) is 11.2. The molecule has 0 aliphatic carbocycles. The average Bonchev–Trinajstić information content (AvgIpc) is 2.91. The van der Waals surface area contributed by atoms with Gasteiger partial charge < -0.3 is 19.6 Å². The van der Waals surface area contributed by atoms with E-state index in [1.54, 1.807) is 7.11 Å². The van der Waals surface area contributed by atoms with E-state index in [4.69, 9.17) is 9.72 Å². The average molecular weight is 321 g/mol. The highest BCUT2D eigenvalue weighted by atomic mass is 16.5. The Morgan fingerprint density at radius 2 is 1.65 bits per heavy atom. The molecule has 3 rings (SSSR count). The van der Waals surface area contributed by atoms with Crippen LogP contribution in [0, 0.1) is 5.92 Å². The van der Waals surface area contributed by atoms with Crippen molar-refractivity contribution in [2.75, 3.05) is 43.1 Å². The largest absolute Gasteiger partial charge is 0.467 e. The molecule has 7 heteroatoms. The summed E-state index contributed by atoms with van der Waals surface area (Å²) in [6.07, 6.45) is 5.56. The van der Waals surface area contributed by atoms with Crippen LogP contribution >= 0.6 is 0 Å². The zero-order chi connectivity index (χ0) is 16.2. The smallest absolute Gasteiger partial charge is 0.322 e. The van der Waals surface area contributed by atoms with E-state index in [1.807, 2.05) is 6.92 Å². The number of rotatable bonds is 4. The van der Waals surface area contributed by atoms with Gasteiger partial charge in [-0.15, -0.1) is 0 Å². The molecular weight excluding hydrogens is 294 g/mol. The highest BCUT2D eigenvalue weighted by molar-refractivity contribution is 5.41. The van der Waals surface area contributed by atoms with Crippen molar-refractivity contribution in [1.29, 1.82) is 0 Å². The SMILES string of the molecule is COc1nc(N2CCCCCC2)nc(N2CC[C@H]([C@@H](C)O)C2)n1. The lowest BCUT2D eigenvalue weighted by molar-refractivity contribution is 0.136. The molecule has 1 aromatic rings. The van der Waals surface area contributed by atoms with E-state index in [2.05, 4.69) is 19.8 Å². The predicted molar refractivity (Wildman–Crippen MR) is 89.1 cm³/mol. The van der Waals surface area contributed by atoms with Gasteiger partial charge in [0.25, 0.3) is 0 Å². The van der Waals surface area contributed by atoms with Crippen molar-refractivity contribution in [2.24, 2.45) is 5.92 Å². The zero-order valence-electron chi connectivity index (χ0n) is 14.1. The molecule has 2 fully saturated rings. The Hall–Kier alpha value is -1.63. The molecule has 23 heavy (non-hydrogen) atoms. The molecule has 128 valence electrons. The van der Waals surface area contributed by atoms with Gasteiger partial charge in [-0.1, -0.05) is 12.8 Å². The number of aromatic nitrogens is 3. The molecule has 0 amide bonds. The van der Waals surface area contributed by atoms with Gasteiger partial charge in [-0.3, -0.25) is 0 Å². The third kappa shape index (κ3) is 3.83. The molecule has 2 atom stereocenters. The summed E-state index contributed by atoms with van der Waals surface area (Å²) in [5.41, 5.74) is 0. The third-order valence-electron chi connectivity index (χ3n) is 4.85. The Balaban J connectivity index is 1.81. The lowest BCUT2D eigenvalue weighted by atomic mass is 10.0. The summed E-state index contributed by atoms with van der Waals surface area (Å²) >= 11 is 0. The Morgan fingerprint density at radius 1 is 1.00 bits per heavy atom. The van der Waals surface area contributed by atoms with E-state index < -0.39 is 0 Å². The molecule has 0 saturated carbocycles. The second kappa shape index (κ2) is 7.29. The molecule has 2 aliphatic heterocycles. The molecule has 0 bridgehead atoms. The molecule has 0 aromatic carbocycles. The Kier molecular flexibility index (Phi) is 5.15. The Morgan fingerprint density at radius 3 is 2.22 bits per heavy atom. The second-order valence-electron chi connectivity index (χ2n) is 6.56. The van der Waals surface area contributed by atoms with Crippen molar-refractivity contribution in [3.05, 3.63) is 0 Å². The molecule has 0 spiro atoms. The molecule has 1 N–H and O–H groups in total. The first kappa shape index (κ1) is 16.2. The van der Waals surface area contributed by atoms with Crippen LogP contribution in [0.5, 0.6) is 6.01 Å². The van der Waals surface area contributed by atoms with E-state index in [0.29, 0.717) is 17.9 Å². The predicted octanol–water partition coefficient (Wildman–Crippen LogP) is 1.47. The fourth-order valence-corrected chi connectivity index (χ4v) is 3.34. The van der Waals surface area contributed by atoms with Crippen LogP contribution < -0.4 is 14.5 Å². The molecule has 3 heterocycles. The number of hydrogen-bond donors (Lipinski definition) is 1. The summed E-state index contributed by atoms with van der Waals surface area (Å²) in [6, 6.07) is 0.370. The van der Waals surface area contributed by atoms with E-state index in [-0.39, 0.29) is 12.0 Å².